The first kappa shape index (κ1) is 13.6. The predicted octanol–water partition coefficient (Wildman–Crippen LogP) is 0.220. The number of H-pyrrole nitrogens is 1. The standard InChI is InChI=1S/C9H11ClN6O2S/c1-13-8(11)16-9-14-5-2-4(10)7(19(12,17)18)3-6(5)15-9/h2-3H,1H3,(H2,12,17,18)(H4,11,13,14,15,16). The van der Waals surface area contributed by atoms with Crippen LogP contribution in [0, 0.1) is 0 Å². The molecule has 2 aromatic rings. The van der Waals surface area contributed by atoms with Crippen molar-refractivity contribution in [2.45, 2.75) is 4.90 Å². The summed E-state index contributed by atoms with van der Waals surface area (Å²) in [6.07, 6.45) is 0. The molecule has 10 heteroatoms. The van der Waals surface area contributed by atoms with E-state index >= 15 is 0 Å². The van der Waals surface area contributed by atoms with Crippen LogP contribution in [-0.4, -0.2) is 31.4 Å². The molecular formula is C9H11ClN6O2S. The number of nitrogens with zero attached hydrogens (tertiary/aromatic N) is 2. The minimum atomic E-state index is -3.89. The van der Waals surface area contributed by atoms with Crippen LogP contribution in [-0.2, 0) is 10.0 Å². The van der Waals surface area contributed by atoms with Crippen molar-refractivity contribution >= 4 is 44.6 Å². The summed E-state index contributed by atoms with van der Waals surface area (Å²) >= 11 is 5.85. The maximum atomic E-state index is 11.3. The SMILES string of the molecule is CN=C(N)Nc1nc2cc(Cl)c(S(N)(=O)=O)cc2[nH]1. The van der Waals surface area contributed by atoms with Crippen LogP contribution >= 0.6 is 11.6 Å². The lowest BCUT2D eigenvalue weighted by molar-refractivity contribution is 0.598. The quantitative estimate of drug-likeness (QED) is 0.464. The van der Waals surface area contributed by atoms with Gasteiger partial charge in [0.15, 0.2) is 5.96 Å². The fraction of sp³-hybridized carbons (Fsp3) is 0.111. The topological polar surface area (TPSA) is 139 Å². The molecule has 6 N–H and O–H groups in total. The molecular weight excluding hydrogens is 292 g/mol. The van der Waals surface area contributed by atoms with Gasteiger partial charge in [0.2, 0.25) is 16.0 Å². The van der Waals surface area contributed by atoms with E-state index in [2.05, 4.69) is 20.3 Å². The number of anilines is 1. The molecule has 0 spiro atoms. The minimum absolute atomic E-state index is 0.00480. The van der Waals surface area contributed by atoms with Gasteiger partial charge in [0.25, 0.3) is 0 Å². The van der Waals surface area contributed by atoms with Crippen molar-refractivity contribution < 1.29 is 8.42 Å². The van der Waals surface area contributed by atoms with Crippen LogP contribution in [0.15, 0.2) is 22.0 Å². The zero-order valence-electron chi connectivity index (χ0n) is 9.81. The van der Waals surface area contributed by atoms with E-state index in [1.165, 1.54) is 19.2 Å². The van der Waals surface area contributed by atoms with E-state index < -0.39 is 10.0 Å². The monoisotopic (exact) mass is 302 g/mol. The van der Waals surface area contributed by atoms with Crippen LogP contribution < -0.4 is 16.2 Å². The average molecular weight is 303 g/mol. The van der Waals surface area contributed by atoms with E-state index in [0.29, 0.717) is 17.0 Å². The van der Waals surface area contributed by atoms with Crippen molar-refractivity contribution in [1.29, 1.82) is 0 Å². The third kappa shape index (κ3) is 2.78. The Morgan fingerprint density at radius 2 is 2.21 bits per heavy atom. The number of nitrogens with two attached hydrogens (primary N) is 2. The van der Waals surface area contributed by atoms with E-state index in [-0.39, 0.29) is 15.9 Å². The molecule has 102 valence electrons. The molecule has 19 heavy (non-hydrogen) atoms. The molecule has 0 saturated carbocycles. The van der Waals surface area contributed by atoms with Crippen LogP contribution in [0.25, 0.3) is 11.0 Å². The molecule has 0 bridgehead atoms. The highest BCUT2D eigenvalue weighted by Gasteiger charge is 2.16. The second-order valence-electron chi connectivity index (χ2n) is 3.66. The highest BCUT2D eigenvalue weighted by atomic mass is 35.5. The zero-order valence-corrected chi connectivity index (χ0v) is 11.4. The number of benzene rings is 1. The Labute approximate surface area is 113 Å². The summed E-state index contributed by atoms with van der Waals surface area (Å²) < 4.78 is 22.7. The first-order valence-electron chi connectivity index (χ1n) is 5.02. The summed E-state index contributed by atoms with van der Waals surface area (Å²) in [5.74, 6) is 0.484. The van der Waals surface area contributed by atoms with Crippen LogP contribution in [0.5, 0.6) is 0 Å². The molecule has 8 nitrogen and oxygen atoms in total. The van der Waals surface area contributed by atoms with Gasteiger partial charge in [-0.3, -0.25) is 10.3 Å². The number of primary sulfonamides is 1. The Balaban J connectivity index is 2.55. The zero-order chi connectivity index (χ0) is 14.2. The van der Waals surface area contributed by atoms with Crippen LogP contribution in [0.1, 0.15) is 0 Å². The Kier molecular flexibility index (Phi) is 3.35. The van der Waals surface area contributed by atoms with E-state index in [1.807, 2.05) is 0 Å². The van der Waals surface area contributed by atoms with Gasteiger partial charge in [-0.25, -0.2) is 18.5 Å². The largest absolute Gasteiger partial charge is 0.370 e. The summed E-state index contributed by atoms with van der Waals surface area (Å²) in [6.45, 7) is 0. The van der Waals surface area contributed by atoms with Gasteiger partial charge >= 0.3 is 0 Å². The molecule has 1 aromatic carbocycles. The van der Waals surface area contributed by atoms with Gasteiger partial charge in [-0.2, -0.15) is 0 Å². The number of aliphatic imine (C=N–C) groups is 1. The normalized spacial score (nSPS) is 12.9. The number of rotatable bonds is 2. The van der Waals surface area contributed by atoms with Crippen LogP contribution in [0.2, 0.25) is 5.02 Å². The summed E-state index contributed by atoms with van der Waals surface area (Å²) in [5, 5.41) is 7.76. The van der Waals surface area contributed by atoms with Crippen molar-refractivity contribution in [3.8, 4) is 0 Å². The van der Waals surface area contributed by atoms with E-state index in [9.17, 15) is 8.42 Å². The summed E-state index contributed by atoms with van der Waals surface area (Å²) in [7, 11) is -2.38. The molecule has 0 aliphatic rings. The van der Waals surface area contributed by atoms with Crippen molar-refractivity contribution in [2.24, 2.45) is 15.9 Å². The molecule has 1 heterocycles. The van der Waals surface area contributed by atoms with Crippen molar-refractivity contribution in [3.05, 3.63) is 17.2 Å². The lowest BCUT2D eigenvalue weighted by Gasteiger charge is -2.00. The smallest absolute Gasteiger partial charge is 0.239 e. The van der Waals surface area contributed by atoms with Crippen molar-refractivity contribution in [3.63, 3.8) is 0 Å². The van der Waals surface area contributed by atoms with Crippen LogP contribution in [0.4, 0.5) is 5.95 Å². The molecule has 0 amide bonds. The number of fused-ring (bicyclic) bond motifs is 1. The maximum absolute atomic E-state index is 11.3. The first-order valence-corrected chi connectivity index (χ1v) is 6.95. The van der Waals surface area contributed by atoms with Gasteiger partial charge in [-0.05, 0) is 12.1 Å². The van der Waals surface area contributed by atoms with Crippen LogP contribution in [0.3, 0.4) is 0 Å². The summed E-state index contributed by atoms with van der Waals surface area (Å²) in [5.41, 5.74) is 6.43. The van der Waals surface area contributed by atoms with E-state index in [0.717, 1.165) is 0 Å². The second kappa shape index (κ2) is 4.68. The van der Waals surface area contributed by atoms with E-state index in [1.54, 1.807) is 0 Å². The molecule has 0 radical (unpaired) electrons. The van der Waals surface area contributed by atoms with E-state index in [4.69, 9.17) is 22.5 Å². The Morgan fingerprint density at radius 3 is 2.79 bits per heavy atom. The van der Waals surface area contributed by atoms with Gasteiger partial charge in [-0.15, -0.1) is 0 Å². The number of imidazole rings is 1. The molecule has 1 aromatic heterocycles. The Bertz CT molecular complexity index is 766. The van der Waals surface area contributed by atoms with Crippen molar-refractivity contribution in [2.75, 3.05) is 12.4 Å². The van der Waals surface area contributed by atoms with Gasteiger partial charge < -0.3 is 10.7 Å². The number of hydrogen-bond acceptors (Lipinski definition) is 4. The minimum Gasteiger partial charge on any atom is -0.370 e. The molecule has 0 aliphatic carbocycles. The number of guanidine groups is 1. The third-order valence-corrected chi connectivity index (χ3v) is 3.71. The lowest BCUT2D eigenvalue weighted by atomic mass is 10.3. The third-order valence-electron chi connectivity index (χ3n) is 2.33. The Morgan fingerprint density at radius 1 is 1.53 bits per heavy atom. The average Bonchev–Trinajstić information content (AvgIpc) is 2.67. The fourth-order valence-corrected chi connectivity index (χ4v) is 2.56. The summed E-state index contributed by atoms with van der Waals surface area (Å²) in [6, 6.07) is 2.71. The molecule has 0 aliphatic heterocycles. The summed E-state index contributed by atoms with van der Waals surface area (Å²) in [4.78, 5) is 10.5. The number of aromatic nitrogens is 2. The van der Waals surface area contributed by atoms with Gasteiger partial charge in [0.1, 0.15) is 4.90 Å². The molecule has 0 saturated heterocycles. The van der Waals surface area contributed by atoms with Gasteiger partial charge in [0.05, 0.1) is 16.1 Å². The number of halogens is 1. The lowest BCUT2D eigenvalue weighted by Crippen LogP contribution is -2.22. The van der Waals surface area contributed by atoms with Crippen molar-refractivity contribution in [1.82, 2.24) is 9.97 Å². The predicted molar refractivity (Wildman–Crippen MR) is 73.6 cm³/mol. The molecule has 0 atom stereocenters. The second-order valence-corrected chi connectivity index (χ2v) is 5.60. The highest BCUT2D eigenvalue weighted by molar-refractivity contribution is 7.89. The maximum Gasteiger partial charge on any atom is 0.239 e. The number of hydrogen-bond donors (Lipinski definition) is 4. The highest BCUT2D eigenvalue weighted by Crippen LogP contribution is 2.26. The number of nitrogens with one attached hydrogen (secondary N) is 2. The molecule has 0 fully saturated rings. The number of aromatic amines is 1. The number of sulfonamides is 1. The Hall–Kier alpha value is -1.84. The fourth-order valence-electron chi connectivity index (χ4n) is 1.47. The first-order chi connectivity index (χ1) is 8.81. The van der Waals surface area contributed by atoms with Gasteiger partial charge in [0, 0.05) is 7.05 Å². The molecule has 0 unspecified atom stereocenters. The van der Waals surface area contributed by atoms with Gasteiger partial charge in [-0.1, -0.05) is 11.6 Å². The molecule has 2 rings (SSSR count).